The van der Waals surface area contributed by atoms with Crippen molar-refractivity contribution >= 4 is 5.91 Å². The van der Waals surface area contributed by atoms with Gasteiger partial charge in [0.15, 0.2) is 0 Å². The predicted octanol–water partition coefficient (Wildman–Crippen LogP) is 3.26. The number of hydrogen-bond acceptors (Lipinski definition) is 3. The van der Waals surface area contributed by atoms with Crippen LogP contribution in [0.3, 0.4) is 0 Å². The Morgan fingerprint density at radius 3 is 2.77 bits per heavy atom. The van der Waals surface area contributed by atoms with E-state index in [-0.39, 0.29) is 11.6 Å². The second kappa shape index (κ2) is 8.10. The van der Waals surface area contributed by atoms with Crippen molar-refractivity contribution in [1.82, 2.24) is 9.80 Å². The third-order valence-electron chi connectivity index (χ3n) is 6.66. The Kier molecular flexibility index (Phi) is 5.60. The monoisotopic (exact) mass is 356 g/mol. The Balaban J connectivity index is 1.36. The van der Waals surface area contributed by atoms with Gasteiger partial charge in [0.1, 0.15) is 0 Å². The predicted molar refractivity (Wildman–Crippen MR) is 103 cm³/mol. The van der Waals surface area contributed by atoms with Crippen molar-refractivity contribution in [2.24, 2.45) is 0 Å². The number of carbonyl (C=O) groups is 1. The number of nitrogens with zero attached hydrogens (tertiary/aromatic N) is 2. The molecule has 3 aliphatic rings. The molecule has 1 aromatic rings. The first-order valence-corrected chi connectivity index (χ1v) is 10.4. The Hall–Kier alpha value is -1.39. The number of ether oxygens (including phenoxy) is 1. The minimum Gasteiger partial charge on any atom is -0.376 e. The number of benzene rings is 1. The van der Waals surface area contributed by atoms with Gasteiger partial charge in [-0.05, 0) is 57.1 Å². The molecular formula is C22H32N2O2. The lowest BCUT2D eigenvalue weighted by atomic mass is 9.87. The van der Waals surface area contributed by atoms with Crippen molar-refractivity contribution in [1.29, 1.82) is 0 Å². The summed E-state index contributed by atoms with van der Waals surface area (Å²) in [5, 5.41) is 0. The van der Waals surface area contributed by atoms with E-state index in [0.717, 1.165) is 77.7 Å². The molecule has 1 aromatic carbocycles. The van der Waals surface area contributed by atoms with E-state index >= 15 is 0 Å². The van der Waals surface area contributed by atoms with Gasteiger partial charge in [0.05, 0.1) is 6.10 Å². The Bertz CT molecular complexity index is 599. The fraction of sp³-hybridized carbons (Fsp3) is 0.682. The highest BCUT2D eigenvalue weighted by Crippen LogP contribution is 2.39. The van der Waals surface area contributed by atoms with Gasteiger partial charge in [0, 0.05) is 38.2 Å². The Morgan fingerprint density at radius 1 is 1.08 bits per heavy atom. The van der Waals surface area contributed by atoms with Crippen molar-refractivity contribution in [3.63, 3.8) is 0 Å². The summed E-state index contributed by atoms with van der Waals surface area (Å²) in [6, 6.07) is 10.8. The second-order valence-electron chi connectivity index (χ2n) is 8.29. The van der Waals surface area contributed by atoms with Gasteiger partial charge in [0.25, 0.3) is 0 Å². The smallest absolute Gasteiger partial charge is 0.223 e. The van der Waals surface area contributed by atoms with Crippen molar-refractivity contribution in [2.75, 3.05) is 32.8 Å². The molecule has 3 heterocycles. The number of rotatable bonds is 5. The van der Waals surface area contributed by atoms with Gasteiger partial charge < -0.3 is 14.5 Å². The van der Waals surface area contributed by atoms with Gasteiger partial charge in [-0.15, -0.1) is 0 Å². The average Bonchev–Trinajstić information content (AvgIpc) is 3.22. The molecule has 0 radical (unpaired) electrons. The largest absolute Gasteiger partial charge is 0.376 e. The third-order valence-corrected chi connectivity index (χ3v) is 6.66. The molecule has 3 saturated heterocycles. The minimum absolute atomic E-state index is 0.102. The van der Waals surface area contributed by atoms with E-state index in [2.05, 4.69) is 40.1 Å². The van der Waals surface area contributed by atoms with Crippen LogP contribution in [0.15, 0.2) is 30.3 Å². The summed E-state index contributed by atoms with van der Waals surface area (Å²) in [4.78, 5) is 17.4. The maximum Gasteiger partial charge on any atom is 0.223 e. The molecule has 0 saturated carbocycles. The summed E-state index contributed by atoms with van der Waals surface area (Å²) in [5.41, 5.74) is 1.52. The standard InChI is InChI=1S/C22H32N2O2/c25-21-9-12-22(24(21)18-20-8-4-17-26-20)11-5-14-23(16-13-22)15-10-19-6-2-1-3-7-19/h1-3,6-7,20H,4-5,8-18H2/t20-,22+/m0/s1. The van der Waals surface area contributed by atoms with Crippen molar-refractivity contribution < 1.29 is 9.53 Å². The zero-order valence-corrected chi connectivity index (χ0v) is 15.9. The van der Waals surface area contributed by atoms with Crippen LogP contribution < -0.4 is 0 Å². The highest BCUT2D eigenvalue weighted by molar-refractivity contribution is 5.79. The van der Waals surface area contributed by atoms with Crippen LogP contribution in [0.1, 0.15) is 50.5 Å². The molecular weight excluding hydrogens is 324 g/mol. The van der Waals surface area contributed by atoms with Crippen LogP contribution in [0.2, 0.25) is 0 Å². The van der Waals surface area contributed by atoms with Crippen molar-refractivity contribution in [3.8, 4) is 0 Å². The summed E-state index contributed by atoms with van der Waals surface area (Å²) >= 11 is 0. The molecule has 3 fully saturated rings. The van der Waals surface area contributed by atoms with Crippen LogP contribution in [-0.2, 0) is 16.0 Å². The Labute approximate surface area is 157 Å². The van der Waals surface area contributed by atoms with Crippen LogP contribution in [0.5, 0.6) is 0 Å². The maximum absolute atomic E-state index is 12.6. The van der Waals surface area contributed by atoms with Crippen LogP contribution in [-0.4, -0.2) is 60.1 Å². The molecule has 0 N–H and O–H groups in total. The molecule has 4 nitrogen and oxygen atoms in total. The number of likely N-dealkylation sites (tertiary alicyclic amines) is 2. The topological polar surface area (TPSA) is 32.8 Å². The number of carbonyl (C=O) groups excluding carboxylic acids is 1. The van der Waals surface area contributed by atoms with E-state index in [1.165, 1.54) is 12.0 Å². The quantitative estimate of drug-likeness (QED) is 0.812. The van der Waals surface area contributed by atoms with Crippen LogP contribution in [0, 0.1) is 0 Å². The van der Waals surface area contributed by atoms with Crippen molar-refractivity contribution in [3.05, 3.63) is 35.9 Å². The molecule has 1 amide bonds. The first-order valence-electron chi connectivity index (χ1n) is 10.4. The molecule has 1 spiro atoms. The van der Waals surface area contributed by atoms with Gasteiger partial charge in [-0.2, -0.15) is 0 Å². The van der Waals surface area contributed by atoms with Gasteiger partial charge in [0.2, 0.25) is 5.91 Å². The first kappa shape index (κ1) is 18.0. The highest BCUT2D eigenvalue weighted by Gasteiger charge is 2.46. The molecule has 0 bridgehead atoms. The molecule has 4 heteroatoms. The maximum atomic E-state index is 12.6. The molecule has 26 heavy (non-hydrogen) atoms. The van der Waals surface area contributed by atoms with Gasteiger partial charge in [-0.25, -0.2) is 0 Å². The van der Waals surface area contributed by atoms with E-state index in [9.17, 15) is 4.79 Å². The van der Waals surface area contributed by atoms with Gasteiger partial charge in [-0.1, -0.05) is 30.3 Å². The first-order chi connectivity index (χ1) is 12.8. The second-order valence-corrected chi connectivity index (χ2v) is 8.29. The summed E-state index contributed by atoms with van der Waals surface area (Å²) in [6.07, 6.45) is 8.91. The summed E-state index contributed by atoms with van der Waals surface area (Å²) in [6.45, 7) is 5.09. The normalized spacial score (nSPS) is 30.2. The fourth-order valence-corrected chi connectivity index (χ4v) is 5.07. The van der Waals surface area contributed by atoms with Crippen LogP contribution >= 0.6 is 0 Å². The molecule has 2 atom stereocenters. The molecule has 0 aliphatic carbocycles. The SMILES string of the molecule is O=C1CC[C@@]2(CCCN(CCc3ccccc3)CC2)N1C[C@@H]1CCCO1. The Morgan fingerprint density at radius 2 is 1.96 bits per heavy atom. The lowest BCUT2D eigenvalue weighted by molar-refractivity contribution is -0.133. The number of amides is 1. The van der Waals surface area contributed by atoms with Gasteiger partial charge >= 0.3 is 0 Å². The average molecular weight is 357 g/mol. The van der Waals surface area contributed by atoms with E-state index in [4.69, 9.17) is 4.74 Å². The highest BCUT2D eigenvalue weighted by atomic mass is 16.5. The molecule has 142 valence electrons. The summed E-state index contributed by atoms with van der Waals surface area (Å²) in [5.74, 6) is 0.359. The zero-order valence-electron chi connectivity index (χ0n) is 15.9. The fourth-order valence-electron chi connectivity index (χ4n) is 5.07. The molecule has 3 aliphatic heterocycles. The summed E-state index contributed by atoms with van der Waals surface area (Å²) < 4.78 is 5.83. The van der Waals surface area contributed by atoms with E-state index < -0.39 is 0 Å². The molecule has 0 aromatic heterocycles. The third kappa shape index (κ3) is 3.96. The van der Waals surface area contributed by atoms with Crippen LogP contribution in [0.25, 0.3) is 0 Å². The van der Waals surface area contributed by atoms with E-state index in [0.29, 0.717) is 5.91 Å². The molecule has 4 rings (SSSR count). The zero-order chi connectivity index (χ0) is 17.8. The van der Waals surface area contributed by atoms with E-state index in [1.807, 2.05) is 0 Å². The van der Waals surface area contributed by atoms with E-state index in [1.54, 1.807) is 0 Å². The van der Waals surface area contributed by atoms with Gasteiger partial charge in [-0.3, -0.25) is 4.79 Å². The number of hydrogen-bond donors (Lipinski definition) is 0. The lowest BCUT2D eigenvalue weighted by Gasteiger charge is -2.39. The molecule has 0 unspecified atom stereocenters. The van der Waals surface area contributed by atoms with Crippen LogP contribution in [0.4, 0.5) is 0 Å². The van der Waals surface area contributed by atoms with Crippen molar-refractivity contribution in [2.45, 2.75) is 63.0 Å². The summed E-state index contributed by atoms with van der Waals surface area (Å²) in [7, 11) is 0. The lowest BCUT2D eigenvalue weighted by Crippen LogP contribution is -2.49. The minimum atomic E-state index is 0.102.